The minimum absolute atomic E-state index is 0.108. The molecule has 0 saturated carbocycles. The molecule has 7 heteroatoms. The van der Waals surface area contributed by atoms with Gasteiger partial charge in [-0.1, -0.05) is 0 Å². The summed E-state index contributed by atoms with van der Waals surface area (Å²) < 4.78 is 14.7. The van der Waals surface area contributed by atoms with Crippen molar-refractivity contribution in [1.29, 1.82) is 0 Å². The number of nitro benzene ring substituents is 1. The van der Waals surface area contributed by atoms with Crippen molar-refractivity contribution < 1.29 is 9.31 Å². The quantitative estimate of drug-likeness (QED) is 0.671. The molecule has 2 aromatic rings. The molecule has 0 saturated heterocycles. The third kappa shape index (κ3) is 2.29. The van der Waals surface area contributed by atoms with Crippen LogP contribution in [0.1, 0.15) is 5.69 Å². The van der Waals surface area contributed by atoms with Crippen LogP contribution < -0.4 is 5.32 Å². The summed E-state index contributed by atoms with van der Waals surface area (Å²) in [6.07, 6.45) is 1.67. The molecule has 1 aromatic heterocycles. The summed E-state index contributed by atoms with van der Waals surface area (Å²) in [5.41, 5.74) is 1.21. The van der Waals surface area contributed by atoms with Crippen molar-refractivity contribution in [3.63, 3.8) is 0 Å². The van der Waals surface area contributed by atoms with Crippen LogP contribution in [0.15, 0.2) is 24.4 Å². The standard InChI is InChI=1S/C11H11FN4O2/c1-7-10(6-15(2)14-7)13-9-5-8(12)3-4-11(9)16(17)18/h3-6,13H,1-2H3. The predicted molar refractivity (Wildman–Crippen MR) is 64.3 cm³/mol. The van der Waals surface area contributed by atoms with Gasteiger partial charge < -0.3 is 5.32 Å². The highest BCUT2D eigenvalue weighted by Gasteiger charge is 2.16. The third-order valence-corrected chi connectivity index (χ3v) is 2.44. The topological polar surface area (TPSA) is 73.0 Å². The second kappa shape index (κ2) is 4.44. The Labute approximate surface area is 102 Å². The molecule has 0 atom stereocenters. The molecule has 0 aliphatic heterocycles. The van der Waals surface area contributed by atoms with Gasteiger partial charge in [0.05, 0.1) is 16.3 Å². The Kier molecular flexibility index (Phi) is 2.97. The summed E-state index contributed by atoms with van der Waals surface area (Å²) >= 11 is 0. The molecule has 6 nitrogen and oxygen atoms in total. The molecule has 1 aromatic carbocycles. The van der Waals surface area contributed by atoms with E-state index in [1.54, 1.807) is 24.9 Å². The van der Waals surface area contributed by atoms with Gasteiger partial charge in [-0.15, -0.1) is 0 Å². The van der Waals surface area contributed by atoms with Gasteiger partial charge in [-0.3, -0.25) is 14.8 Å². The number of nitrogens with zero attached hydrogens (tertiary/aromatic N) is 3. The number of rotatable bonds is 3. The molecule has 0 radical (unpaired) electrons. The first-order chi connectivity index (χ1) is 8.47. The zero-order chi connectivity index (χ0) is 13.3. The molecule has 0 spiro atoms. The molecule has 94 valence electrons. The molecular weight excluding hydrogens is 239 g/mol. The molecule has 18 heavy (non-hydrogen) atoms. The van der Waals surface area contributed by atoms with Crippen LogP contribution in [0, 0.1) is 22.9 Å². The van der Waals surface area contributed by atoms with E-state index in [-0.39, 0.29) is 11.4 Å². The molecule has 0 fully saturated rings. The molecule has 0 bridgehead atoms. The molecule has 1 N–H and O–H groups in total. The predicted octanol–water partition coefficient (Wildman–Crippen LogP) is 2.52. The molecule has 0 aliphatic carbocycles. The van der Waals surface area contributed by atoms with Crippen molar-refractivity contribution in [3.05, 3.63) is 46.0 Å². The highest BCUT2D eigenvalue weighted by atomic mass is 19.1. The van der Waals surface area contributed by atoms with Crippen LogP contribution in [-0.2, 0) is 7.05 Å². The summed E-state index contributed by atoms with van der Waals surface area (Å²) in [6.45, 7) is 1.76. The summed E-state index contributed by atoms with van der Waals surface area (Å²) in [5.74, 6) is -0.537. The number of aromatic nitrogens is 2. The maximum absolute atomic E-state index is 13.1. The Morgan fingerprint density at radius 2 is 2.17 bits per heavy atom. The van der Waals surface area contributed by atoms with Gasteiger partial charge in [0.15, 0.2) is 0 Å². The van der Waals surface area contributed by atoms with Gasteiger partial charge in [0.25, 0.3) is 5.69 Å². The summed E-state index contributed by atoms with van der Waals surface area (Å²) in [4.78, 5) is 10.3. The average molecular weight is 250 g/mol. The minimum atomic E-state index is -0.562. The Morgan fingerprint density at radius 1 is 1.44 bits per heavy atom. The first kappa shape index (κ1) is 12.0. The van der Waals surface area contributed by atoms with Crippen LogP contribution in [0.25, 0.3) is 0 Å². The molecule has 0 unspecified atom stereocenters. The first-order valence-corrected chi connectivity index (χ1v) is 5.18. The van der Waals surface area contributed by atoms with Crippen molar-refractivity contribution >= 4 is 17.1 Å². The largest absolute Gasteiger partial charge is 0.347 e. The Bertz CT molecular complexity index is 609. The van der Waals surface area contributed by atoms with E-state index < -0.39 is 10.7 Å². The fourth-order valence-corrected chi connectivity index (χ4v) is 1.63. The summed E-state index contributed by atoms with van der Waals surface area (Å²) in [7, 11) is 1.73. The zero-order valence-corrected chi connectivity index (χ0v) is 9.85. The summed E-state index contributed by atoms with van der Waals surface area (Å²) in [6, 6.07) is 3.27. The Morgan fingerprint density at radius 3 is 2.72 bits per heavy atom. The number of nitrogens with one attached hydrogen (secondary N) is 1. The first-order valence-electron chi connectivity index (χ1n) is 5.18. The van der Waals surface area contributed by atoms with Crippen molar-refractivity contribution in [2.75, 3.05) is 5.32 Å². The number of hydrogen-bond acceptors (Lipinski definition) is 4. The third-order valence-electron chi connectivity index (χ3n) is 2.44. The second-order valence-electron chi connectivity index (χ2n) is 3.85. The van der Waals surface area contributed by atoms with Gasteiger partial charge in [-0.2, -0.15) is 5.10 Å². The number of anilines is 2. The van der Waals surface area contributed by atoms with E-state index in [1.165, 1.54) is 0 Å². The molecule has 2 rings (SSSR count). The number of benzene rings is 1. The van der Waals surface area contributed by atoms with E-state index in [0.29, 0.717) is 11.4 Å². The molecule has 0 aliphatic rings. The molecule has 0 amide bonds. The number of nitro groups is 1. The maximum atomic E-state index is 13.1. The lowest BCUT2D eigenvalue weighted by atomic mass is 10.2. The smallest absolute Gasteiger partial charge is 0.292 e. The summed E-state index contributed by atoms with van der Waals surface area (Å²) in [5, 5.41) is 17.7. The van der Waals surface area contributed by atoms with Crippen molar-refractivity contribution in [3.8, 4) is 0 Å². The zero-order valence-electron chi connectivity index (χ0n) is 9.85. The Balaban J connectivity index is 2.42. The second-order valence-corrected chi connectivity index (χ2v) is 3.85. The maximum Gasteiger partial charge on any atom is 0.292 e. The SMILES string of the molecule is Cc1nn(C)cc1Nc1cc(F)ccc1[N+](=O)[O-]. The van der Waals surface area contributed by atoms with Gasteiger partial charge in [0, 0.05) is 25.4 Å². The monoisotopic (exact) mass is 250 g/mol. The van der Waals surface area contributed by atoms with Crippen LogP contribution in [0.5, 0.6) is 0 Å². The van der Waals surface area contributed by atoms with Gasteiger partial charge in [0.1, 0.15) is 11.5 Å². The number of halogens is 1. The van der Waals surface area contributed by atoms with Crippen LogP contribution in [0.3, 0.4) is 0 Å². The molecule has 1 heterocycles. The van der Waals surface area contributed by atoms with Gasteiger partial charge >= 0.3 is 0 Å². The minimum Gasteiger partial charge on any atom is -0.347 e. The highest BCUT2D eigenvalue weighted by Crippen LogP contribution is 2.29. The van der Waals surface area contributed by atoms with E-state index in [9.17, 15) is 14.5 Å². The number of hydrogen-bond donors (Lipinski definition) is 1. The Hall–Kier alpha value is -2.44. The van der Waals surface area contributed by atoms with E-state index in [2.05, 4.69) is 10.4 Å². The lowest BCUT2D eigenvalue weighted by Crippen LogP contribution is -1.98. The highest BCUT2D eigenvalue weighted by molar-refractivity contribution is 5.70. The fraction of sp³-hybridized carbons (Fsp3) is 0.182. The van der Waals surface area contributed by atoms with Crippen LogP contribution in [0.2, 0.25) is 0 Å². The van der Waals surface area contributed by atoms with E-state index in [4.69, 9.17) is 0 Å². The van der Waals surface area contributed by atoms with Crippen molar-refractivity contribution in [2.45, 2.75) is 6.92 Å². The van der Waals surface area contributed by atoms with Crippen LogP contribution in [0.4, 0.5) is 21.5 Å². The average Bonchev–Trinajstić information content (AvgIpc) is 2.57. The van der Waals surface area contributed by atoms with Crippen LogP contribution in [-0.4, -0.2) is 14.7 Å². The van der Waals surface area contributed by atoms with E-state index >= 15 is 0 Å². The van der Waals surface area contributed by atoms with Crippen LogP contribution >= 0.6 is 0 Å². The van der Waals surface area contributed by atoms with Crippen molar-refractivity contribution in [2.24, 2.45) is 7.05 Å². The fourth-order valence-electron chi connectivity index (χ4n) is 1.63. The van der Waals surface area contributed by atoms with Gasteiger partial charge in [0.2, 0.25) is 0 Å². The van der Waals surface area contributed by atoms with Gasteiger partial charge in [-0.25, -0.2) is 4.39 Å². The van der Waals surface area contributed by atoms with E-state index in [0.717, 1.165) is 18.2 Å². The lowest BCUT2D eigenvalue weighted by molar-refractivity contribution is -0.384. The van der Waals surface area contributed by atoms with Gasteiger partial charge in [-0.05, 0) is 13.0 Å². The van der Waals surface area contributed by atoms with Crippen molar-refractivity contribution in [1.82, 2.24) is 9.78 Å². The number of aryl methyl sites for hydroxylation is 2. The lowest BCUT2D eigenvalue weighted by Gasteiger charge is -2.05. The van der Waals surface area contributed by atoms with E-state index in [1.807, 2.05) is 0 Å². The molecular formula is C11H11FN4O2. The normalized spacial score (nSPS) is 10.4.